The predicted octanol–water partition coefficient (Wildman–Crippen LogP) is 1.85. The summed E-state index contributed by atoms with van der Waals surface area (Å²) in [5.74, 6) is 2.17. The molecule has 2 saturated heterocycles. The van der Waals surface area contributed by atoms with E-state index in [4.69, 9.17) is 24.9 Å². The molecule has 1 aromatic rings. The van der Waals surface area contributed by atoms with Crippen molar-refractivity contribution < 1.29 is 14.2 Å². The van der Waals surface area contributed by atoms with Gasteiger partial charge in [0.1, 0.15) is 0 Å². The number of likely N-dealkylation sites (tertiary alicyclic amines) is 1. The zero-order valence-electron chi connectivity index (χ0n) is 16.8. The molecule has 0 bridgehead atoms. The third-order valence-corrected chi connectivity index (χ3v) is 6.41. The Hall–Kier alpha value is -1.99. The van der Waals surface area contributed by atoms with Crippen molar-refractivity contribution in [1.29, 1.82) is 0 Å². The van der Waals surface area contributed by atoms with Crippen molar-refractivity contribution in [2.45, 2.75) is 44.1 Å². The number of ether oxygens (including phenoxy) is 3. The maximum Gasteiger partial charge on any atom is 0.231 e. The number of nitrogens with one attached hydrogen (secondary N) is 1. The fourth-order valence-corrected chi connectivity index (χ4v) is 4.58. The Kier molecular flexibility index (Phi) is 5.92. The molecular formula is C21H32N4O3. The fraction of sp³-hybridized carbons (Fsp3) is 0.667. The third-order valence-electron chi connectivity index (χ3n) is 6.41. The van der Waals surface area contributed by atoms with Gasteiger partial charge in [-0.05, 0) is 56.5 Å². The number of likely N-dealkylation sites (N-methyl/N-ethyl adjacent to an activating group) is 1. The van der Waals surface area contributed by atoms with Crippen molar-refractivity contribution >= 4 is 5.96 Å². The highest BCUT2D eigenvalue weighted by atomic mass is 16.7. The quantitative estimate of drug-likeness (QED) is 0.572. The molecule has 3 aliphatic heterocycles. The molecule has 0 aliphatic carbocycles. The summed E-state index contributed by atoms with van der Waals surface area (Å²) in [5, 5.41) is 3.35. The number of aliphatic imine (C=N–C) groups is 1. The molecule has 3 heterocycles. The highest BCUT2D eigenvalue weighted by Gasteiger charge is 2.35. The number of hydrogen-bond donors (Lipinski definition) is 2. The van der Waals surface area contributed by atoms with Gasteiger partial charge in [-0.3, -0.25) is 9.89 Å². The molecule has 0 aromatic heterocycles. The zero-order valence-corrected chi connectivity index (χ0v) is 16.8. The largest absolute Gasteiger partial charge is 0.454 e. The molecule has 28 heavy (non-hydrogen) atoms. The van der Waals surface area contributed by atoms with Gasteiger partial charge in [0.2, 0.25) is 6.79 Å². The van der Waals surface area contributed by atoms with Crippen LogP contribution in [0.15, 0.2) is 23.2 Å². The van der Waals surface area contributed by atoms with Gasteiger partial charge in [0.05, 0.1) is 6.54 Å². The van der Waals surface area contributed by atoms with Crippen LogP contribution in [0.4, 0.5) is 0 Å². The van der Waals surface area contributed by atoms with Gasteiger partial charge in [0, 0.05) is 31.2 Å². The van der Waals surface area contributed by atoms with Gasteiger partial charge in [0.25, 0.3) is 0 Å². The molecule has 1 unspecified atom stereocenters. The highest BCUT2D eigenvalue weighted by molar-refractivity contribution is 5.78. The monoisotopic (exact) mass is 388 g/mol. The summed E-state index contributed by atoms with van der Waals surface area (Å²) in [6.07, 6.45) is 4.35. The molecule has 1 atom stereocenters. The maximum atomic E-state index is 6.23. The summed E-state index contributed by atoms with van der Waals surface area (Å²) < 4.78 is 16.7. The molecule has 4 rings (SSSR count). The molecule has 0 spiro atoms. The van der Waals surface area contributed by atoms with Crippen LogP contribution < -0.4 is 20.5 Å². The average molecular weight is 389 g/mol. The highest BCUT2D eigenvalue weighted by Crippen LogP contribution is 2.41. The first kappa shape index (κ1) is 19.3. The Labute approximate surface area is 167 Å². The summed E-state index contributed by atoms with van der Waals surface area (Å²) >= 11 is 0. The molecule has 3 aliphatic rings. The Morgan fingerprint density at radius 1 is 1.29 bits per heavy atom. The van der Waals surface area contributed by atoms with E-state index in [-0.39, 0.29) is 5.41 Å². The minimum Gasteiger partial charge on any atom is -0.454 e. The number of fused-ring (bicyclic) bond motifs is 1. The van der Waals surface area contributed by atoms with Gasteiger partial charge in [0.15, 0.2) is 17.5 Å². The van der Waals surface area contributed by atoms with Crippen LogP contribution in [0.2, 0.25) is 0 Å². The SMILES string of the molecule is CCN1CCCC1CNC(N)=NCC1(c2ccc3c(c2)OCO3)CCOCC1. The Bertz CT molecular complexity index is 703. The fourth-order valence-electron chi connectivity index (χ4n) is 4.58. The van der Waals surface area contributed by atoms with Crippen molar-refractivity contribution in [1.82, 2.24) is 10.2 Å². The van der Waals surface area contributed by atoms with Crippen LogP contribution in [0.5, 0.6) is 11.5 Å². The van der Waals surface area contributed by atoms with Crippen molar-refractivity contribution in [2.75, 3.05) is 46.2 Å². The molecular weight excluding hydrogens is 356 g/mol. The number of guanidine groups is 1. The lowest BCUT2D eigenvalue weighted by atomic mass is 9.74. The topological polar surface area (TPSA) is 81.3 Å². The van der Waals surface area contributed by atoms with E-state index in [1.54, 1.807) is 0 Å². The molecule has 7 heteroatoms. The molecule has 0 radical (unpaired) electrons. The standard InChI is InChI=1S/C21H32N4O3/c1-2-25-9-3-4-17(25)13-23-20(22)24-14-21(7-10-26-11-8-21)16-5-6-18-19(12-16)28-15-27-18/h5-6,12,17H,2-4,7-11,13-15H2,1H3,(H3,22,23,24). The summed E-state index contributed by atoms with van der Waals surface area (Å²) in [4.78, 5) is 7.25. The van der Waals surface area contributed by atoms with Crippen molar-refractivity contribution in [3.05, 3.63) is 23.8 Å². The van der Waals surface area contributed by atoms with E-state index in [0.717, 1.165) is 50.6 Å². The van der Waals surface area contributed by atoms with E-state index in [1.165, 1.54) is 24.9 Å². The summed E-state index contributed by atoms with van der Waals surface area (Å²) in [5.41, 5.74) is 7.38. The van der Waals surface area contributed by atoms with Gasteiger partial charge in [-0.2, -0.15) is 0 Å². The predicted molar refractivity (Wildman–Crippen MR) is 109 cm³/mol. The lowest BCUT2D eigenvalue weighted by Gasteiger charge is -2.36. The number of benzene rings is 1. The van der Waals surface area contributed by atoms with Crippen molar-refractivity contribution in [2.24, 2.45) is 10.7 Å². The Morgan fingerprint density at radius 3 is 2.93 bits per heavy atom. The van der Waals surface area contributed by atoms with Crippen LogP contribution in [0.1, 0.15) is 38.2 Å². The molecule has 0 saturated carbocycles. The molecule has 7 nitrogen and oxygen atoms in total. The van der Waals surface area contributed by atoms with E-state index < -0.39 is 0 Å². The van der Waals surface area contributed by atoms with Crippen LogP contribution in [0.3, 0.4) is 0 Å². The van der Waals surface area contributed by atoms with Gasteiger partial charge in [-0.15, -0.1) is 0 Å². The molecule has 2 fully saturated rings. The first-order valence-electron chi connectivity index (χ1n) is 10.5. The minimum absolute atomic E-state index is 0.0751. The van der Waals surface area contributed by atoms with Gasteiger partial charge < -0.3 is 25.3 Å². The van der Waals surface area contributed by atoms with Crippen LogP contribution in [0, 0.1) is 0 Å². The second-order valence-electron chi connectivity index (χ2n) is 7.97. The van der Waals surface area contributed by atoms with Crippen LogP contribution in [0.25, 0.3) is 0 Å². The van der Waals surface area contributed by atoms with E-state index in [0.29, 0.717) is 25.3 Å². The van der Waals surface area contributed by atoms with Crippen LogP contribution >= 0.6 is 0 Å². The number of rotatable bonds is 6. The zero-order chi connectivity index (χ0) is 19.4. The summed E-state index contributed by atoms with van der Waals surface area (Å²) in [6.45, 7) is 7.79. The summed E-state index contributed by atoms with van der Waals surface area (Å²) in [6, 6.07) is 6.80. The van der Waals surface area contributed by atoms with Crippen LogP contribution in [-0.2, 0) is 10.2 Å². The van der Waals surface area contributed by atoms with Gasteiger partial charge in [-0.1, -0.05) is 13.0 Å². The number of hydrogen-bond acceptors (Lipinski definition) is 5. The molecule has 1 aromatic carbocycles. The second kappa shape index (κ2) is 8.57. The van der Waals surface area contributed by atoms with Gasteiger partial charge in [-0.25, -0.2) is 0 Å². The van der Waals surface area contributed by atoms with E-state index in [9.17, 15) is 0 Å². The molecule has 154 valence electrons. The second-order valence-corrected chi connectivity index (χ2v) is 7.97. The summed E-state index contributed by atoms with van der Waals surface area (Å²) in [7, 11) is 0. The van der Waals surface area contributed by atoms with Crippen molar-refractivity contribution in [3.63, 3.8) is 0 Å². The number of nitrogens with two attached hydrogens (primary N) is 1. The smallest absolute Gasteiger partial charge is 0.231 e. The van der Waals surface area contributed by atoms with Crippen LogP contribution in [-0.4, -0.2) is 63.1 Å². The first-order chi connectivity index (χ1) is 13.7. The normalized spacial score (nSPS) is 24.5. The third kappa shape index (κ3) is 4.05. The Balaban J connectivity index is 1.43. The maximum absolute atomic E-state index is 6.23. The van der Waals surface area contributed by atoms with Crippen molar-refractivity contribution in [3.8, 4) is 11.5 Å². The van der Waals surface area contributed by atoms with E-state index >= 15 is 0 Å². The Morgan fingerprint density at radius 2 is 2.11 bits per heavy atom. The molecule has 0 amide bonds. The lowest BCUT2D eigenvalue weighted by molar-refractivity contribution is 0.0530. The average Bonchev–Trinajstić information content (AvgIpc) is 3.39. The lowest BCUT2D eigenvalue weighted by Crippen LogP contribution is -2.44. The molecule has 3 N–H and O–H groups in total. The number of nitrogens with zero attached hydrogens (tertiary/aromatic N) is 2. The van der Waals surface area contributed by atoms with E-state index in [2.05, 4.69) is 29.3 Å². The van der Waals surface area contributed by atoms with E-state index in [1.807, 2.05) is 6.07 Å². The first-order valence-corrected chi connectivity index (χ1v) is 10.5. The van der Waals surface area contributed by atoms with Gasteiger partial charge >= 0.3 is 0 Å². The minimum atomic E-state index is -0.0751.